The molecule has 1 amide bonds. The van der Waals surface area contributed by atoms with Gasteiger partial charge in [-0.25, -0.2) is 0 Å². The lowest BCUT2D eigenvalue weighted by molar-refractivity contribution is -0.117. The number of H-pyrrole nitrogens is 1. The van der Waals surface area contributed by atoms with Crippen molar-refractivity contribution in [2.45, 2.75) is 11.2 Å². The van der Waals surface area contributed by atoms with E-state index in [1.165, 1.54) is 0 Å². The van der Waals surface area contributed by atoms with Crippen LogP contribution in [0.15, 0.2) is 6.07 Å². The highest BCUT2D eigenvalue weighted by molar-refractivity contribution is 9.09. The average Bonchev–Trinajstić information content (AvgIpc) is 2.58. The molecule has 1 unspecified atom stereocenters. The predicted octanol–water partition coefficient (Wildman–Crippen LogP) is 1.56. The van der Waals surface area contributed by atoms with Crippen molar-refractivity contribution in [3.05, 3.63) is 11.2 Å². The lowest BCUT2D eigenvalue weighted by atomic mass is 10.4. The minimum Gasteiger partial charge on any atom is -0.294 e. The van der Waals surface area contributed by atoms with Crippen molar-refractivity contribution in [2.75, 3.05) is 11.4 Å². The van der Waals surface area contributed by atoms with Gasteiger partial charge in [0.25, 0.3) is 0 Å². The zero-order chi connectivity index (χ0) is 9.42. The van der Waals surface area contributed by atoms with Gasteiger partial charge < -0.3 is 0 Å². The zero-order valence-electron chi connectivity index (χ0n) is 6.63. The van der Waals surface area contributed by atoms with Crippen LogP contribution >= 0.6 is 27.5 Å². The molecule has 0 radical (unpaired) electrons. The van der Waals surface area contributed by atoms with E-state index in [1.807, 2.05) is 0 Å². The van der Waals surface area contributed by atoms with Gasteiger partial charge in [0, 0.05) is 23.9 Å². The minimum atomic E-state index is 0.0741. The van der Waals surface area contributed by atoms with Crippen LogP contribution in [0.4, 0.5) is 5.82 Å². The fraction of sp³-hybridized carbons (Fsp3) is 0.429. The molecule has 1 fully saturated rings. The topological polar surface area (TPSA) is 49.0 Å². The Morgan fingerprint density at radius 1 is 1.77 bits per heavy atom. The Labute approximate surface area is 88.4 Å². The number of alkyl halides is 1. The smallest absolute Gasteiger partial charge is 0.229 e. The molecule has 1 aromatic heterocycles. The Hall–Kier alpha value is -0.550. The summed E-state index contributed by atoms with van der Waals surface area (Å²) < 4.78 is 0. The quantitative estimate of drug-likeness (QED) is 0.783. The molecule has 1 aliphatic heterocycles. The number of nitrogens with one attached hydrogen (secondary N) is 1. The van der Waals surface area contributed by atoms with E-state index in [4.69, 9.17) is 11.6 Å². The Bertz CT molecular complexity index is 340. The molecule has 1 aromatic rings. The van der Waals surface area contributed by atoms with E-state index >= 15 is 0 Å². The van der Waals surface area contributed by atoms with Crippen molar-refractivity contribution >= 4 is 39.3 Å². The molecule has 2 heterocycles. The number of hydrogen-bond donors (Lipinski definition) is 1. The second-order valence-corrected chi connectivity index (χ2v) is 4.58. The largest absolute Gasteiger partial charge is 0.294 e. The summed E-state index contributed by atoms with van der Waals surface area (Å²) in [7, 11) is 0. The molecule has 0 spiro atoms. The molecule has 70 valence electrons. The Kier molecular flexibility index (Phi) is 2.29. The van der Waals surface area contributed by atoms with Crippen LogP contribution in [0.2, 0.25) is 5.15 Å². The molecule has 0 aliphatic carbocycles. The third kappa shape index (κ3) is 1.71. The monoisotopic (exact) mass is 263 g/mol. The van der Waals surface area contributed by atoms with Crippen LogP contribution in [0.3, 0.4) is 0 Å². The number of hydrogen-bond acceptors (Lipinski definition) is 2. The van der Waals surface area contributed by atoms with Crippen LogP contribution in [-0.2, 0) is 4.79 Å². The molecule has 0 bridgehead atoms. The summed E-state index contributed by atoms with van der Waals surface area (Å²) in [5.74, 6) is 0.669. The highest BCUT2D eigenvalue weighted by Gasteiger charge is 2.30. The number of amides is 1. The first kappa shape index (κ1) is 9.02. The van der Waals surface area contributed by atoms with Gasteiger partial charge in [0.15, 0.2) is 5.82 Å². The molecule has 6 heteroatoms. The molecule has 1 atom stereocenters. The first-order valence-corrected chi connectivity index (χ1v) is 5.11. The molecule has 0 saturated carbocycles. The summed E-state index contributed by atoms with van der Waals surface area (Å²) in [4.78, 5) is 13.2. The van der Waals surface area contributed by atoms with Gasteiger partial charge >= 0.3 is 0 Å². The number of aromatic amines is 1. The number of carbonyl (C=O) groups excluding carboxylic acids is 1. The first-order chi connectivity index (χ1) is 6.16. The fourth-order valence-corrected chi connectivity index (χ4v) is 2.02. The maximum atomic E-state index is 11.4. The molecule has 4 nitrogen and oxygen atoms in total. The van der Waals surface area contributed by atoms with E-state index in [1.54, 1.807) is 11.0 Å². The highest BCUT2D eigenvalue weighted by Crippen LogP contribution is 2.24. The number of anilines is 1. The van der Waals surface area contributed by atoms with Crippen LogP contribution in [0, 0.1) is 0 Å². The summed E-state index contributed by atoms with van der Waals surface area (Å²) in [6.07, 6.45) is 0.518. The summed E-state index contributed by atoms with van der Waals surface area (Å²) >= 11 is 9.04. The Balaban J connectivity index is 2.22. The molecule has 0 aromatic carbocycles. The third-order valence-corrected chi connectivity index (χ3v) is 2.69. The van der Waals surface area contributed by atoms with E-state index in [-0.39, 0.29) is 10.7 Å². The van der Waals surface area contributed by atoms with Gasteiger partial charge in [-0.15, -0.1) is 0 Å². The van der Waals surface area contributed by atoms with E-state index in [2.05, 4.69) is 26.1 Å². The first-order valence-electron chi connectivity index (χ1n) is 3.82. The summed E-state index contributed by atoms with van der Waals surface area (Å²) in [6, 6.07) is 1.64. The Morgan fingerprint density at radius 2 is 2.54 bits per heavy atom. The maximum Gasteiger partial charge on any atom is 0.229 e. The third-order valence-electron chi connectivity index (χ3n) is 1.89. The summed E-state index contributed by atoms with van der Waals surface area (Å²) in [6.45, 7) is 0.653. The highest BCUT2D eigenvalue weighted by atomic mass is 79.9. The van der Waals surface area contributed by atoms with Crippen LogP contribution < -0.4 is 4.90 Å². The Morgan fingerprint density at radius 3 is 3.00 bits per heavy atom. The van der Waals surface area contributed by atoms with Crippen molar-refractivity contribution in [3.8, 4) is 0 Å². The molecule has 2 rings (SSSR count). The van der Waals surface area contributed by atoms with Crippen molar-refractivity contribution < 1.29 is 4.79 Å². The van der Waals surface area contributed by atoms with Gasteiger partial charge in [-0.05, 0) is 0 Å². The molecular formula is C7H7BrClN3O. The normalized spacial score (nSPS) is 22.8. The van der Waals surface area contributed by atoms with Crippen LogP contribution in [0.25, 0.3) is 0 Å². The standard InChI is InChI=1S/C7H7BrClN3O/c8-4-1-7(13)12(3-4)6-2-5(9)10-11-6/h2,4H,1,3H2,(H,10,11). The van der Waals surface area contributed by atoms with E-state index in [9.17, 15) is 4.79 Å². The van der Waals surface area contributed by atoms with Crippen molar-refractivity contribution in [1.82, 2.24) is 10.2 Å². The number of halogens is 2. The van der Waals surface area contributed by atoms with Gasteiger partial charge in [-0.3, -0.25) is 14.8 Å². The molecule has 1 aliphatic rings. The molecular weight excluding hydrogens is 257 g/mol. The van der Waals surface area contributed by atoms with Crippen LogP contribution in [0.5, 0.6) is 0 Å². The predicted molar refractivity (Wildman–Crippen MR) is 53.3 cm³/mol. The second kappa shape index (κ2) is 3.31. The average molecular weight is 265 g/mol. The van der Waals surface area contributed by atoms with E-state index in [0.29, 0.717) is 23.9 Å². The number of rotatable bonds is 1. The zero-order valence-corrected chi connectivity index (χ0v) is 8.97. The fourth-order valence-electron chi connectivity index (χ4n) is 1.31. The van der Waals surface area contributed by atoms with Crippen molar-refractivity contribution in [1.29, 1.82) is 0 Å². The van der Waals surface area contributed by atoms with Crippen molar-refractivity contribution in [2.24, 2.45) is 0 Å². The molecule has 1 saturated heterocycles. The minimum absolute atomic E-state index is 0.0741. The van der Waals surface area contributed by atoms with Gasteiger partial charge in [-0.2, -0.15) is 5.10 Å². The van der Waals surface area contributed by atoms with Gasteiger partial charge in [0.1, 0.15) is 5.15 Å². The van der Waals surface area contributed by atoms with E-state index < -0.39 is 0 Å². The molecule has 13 heavy (non-hydrogen) atoms. The lowest BCUT2D eigenvalue weighted by Gasteiger charge is -2.10. The second-order valence-electron chi connectivity index (χ2n) is 2.88. The lowest BCUT2D eigenvalue weighted by Crippen LogP contribution is -2.24. The summed E-state index contributed by atoms with van der Waals surface area (Å²) in [5, 5.41) is 6.94. The van der Waals surface area contributed by atoms with Crippen LogP contribution in [0.1, 0.15) is 6.42 Å². The number of nitrogens with zero attached hydrogens (tertiary/aromatic N) is 2. The summed E-state index contributed by atoms with van der Waals surface area (Å²) in [5.41, 5.74) is 0. The molecule has 1 N–H and O–H groups in total. The van der Waals surface area contributed by atoms with Crippen LogP contribution in [-0.4, -0.2) is 27.5 Å². The van der Waals surface area contributed by atoms with Gasteiger partial charge in [-0.1, -0.05) is 27.5 Å². The number of aromatic nitrogens is 2. The SMILES string of the molecule is O=C1CC(Br)CN1c1cc(Cl)[nH]n1. The van der Waals surface area contributed by atoms with Gasteiger partial charge in [0.05, 0.1) is 0 Å². The maximum absolute atomic E-state index is 11.4. The number of carbonyl (C=O) groups is 1. The van der Waals surface area contributed by atoms with Gasteiger partial charge in [0.2, 0.25) is 5.91 Å². The van der Waals surface area contributed by atoms with Crippen molar-refractivity contribution in [3.63, 3.8) is 0 Å². The van der Waals surface area contributed by atoms with E-state index in [0.717, 1.165) is 0 Å².